The Morgan fingerprint density at radius 2 is 1.94 bits per heavy atom. The molecule has 17 heavy (non-hydrogen) atoms. The molecule has 0 amide bonds. The van der Waals surface area contributed by atoms with Crippen molar-refractivity contribution >= 4 is 28.3 Å². The Kier molecular flexibility index (Phi) is 4.31. The van der Waals surface area contributed by atoms with Crippen molar-refractivity contribution in [1.29, 1.82) is 0 Å². The fraction of sp³-hybridized carbons (Fsp3) is 0.462. The summed E-state index contributed by atoms with van der Waals surface area (Å²) in [5.41, 5.74) is 2.40. The second-order valence-corrected chi connectivity index (χ2v) is 4.96. The van der Waals surface area contributed by atoms with Crippen LogP contribution < -0.4 is 10.2 Å². The van der Waals surface area contributed by atoms with Crippen LogP contribution in [0.2, 0.25) is 0 Å². The van der Waals surface area contributed by atoms with Gasteiger partial charge in [-0.25, -0.2) is 0 Å². The summed E-state index contributed by atoms with van der Waals surface area (Å²) >= 11 is 1.79. The van der Waals surface area contributed by atoms with E-state index in [0.717, 1.165) is 36.2 Å². The van der Waals surface area contributed by atoms with Crippen molar-refractivity contribution in [3.63, 3.8) is 0 Å². The Labute approximate surface area is 107 Å². The first-order valence-electron chi connectivity index (χ1n) is 6.12. The molecule has 1 N–H and O–H groups in total. The quantitative estimate of drug-likeness (QED) is 0.889. The molecule has 1 aliphatic heterocycles. The van der Waals surface area contributed by atoms with Gasteiger partial charge in [-0.3, -0.25) is 4.99 Å². The largest absolute Gasteiger partial charge is 0.372 e. The van der Waals surface area contributed by atoms with Gasteiger partial charge in [-0.2, -0.15) is 0 Å². The Balaban J connectivity index is 2.02. The average Bonchev–Trinajstić information content (AvgIpc) is 2.86. The highest BCUT2D eigenvalue weighted by atomic mass is 32.2. The van der Waals surface area contributed by atoms with E-state index >= 15 is 0 Å². The van der Waals surface area contributed by atoms with Crippen LogP contribution in [-0.2, 0) is 0 Å². The molecule has 0 radical (unpaired) electrons. The molecule has 1 aromatic carbocycles. The van der Waals surface area contributed by atoms with Gasteiger partial charge in [0.15, 0.2) is 5.17 Å². The molecule has 0 aromatic heterocycles. The van der Waals surface area contributed by atoms with Gasteiger partial charge in [-0.05, 0) is 38.1 Å². The second-order valence-electron chi connectivity index (χ2n) is 3.88. The number of thioether (sulfide) groups is 1. The first kappa shape index (κ1) is 12.3. The molecule has 2 rings (SSSR count). The summed E-state index contributed by atoms with van der Waals surface area (Å²) in [5, 5.41) is 4.38. The van der Waals surface area contributed by atoms with Gasteiger partial charge in [0.05, 0.1) is 6.54 Å². The average molecular weight is 249 g/mol. The molecule has 3 nitrogen and oxygen atoms in total. The molecule has 0 spiro atoms. The maximum atomic E-state index is 4.38. The molecule has 0 aliphatic carbocycles. The summed E-state index contributed by atoms with van der Waals surface area (Å²) in [5.74, 6) is 1.10. The van der Waals surface area contributed by atoms with Crippen molar-refractivity contribution in [3.05, 3.63) is 24.3 Å². The third kappa shape index (κ3) is 3.16. The zero-order valence-electron chi connectivity index (χ0n) is 10.4. The highest BCUT2D eigenvalue weighted by Crippen LogP contribution is 2.20. The number of aliphatic imine (C=N–C) groups is 1. The van der Waals surface area contributed by atoms with Crippen LogP contribution >= 0.6 is 11.8 Å². The number of anilines is 2. The van der Waals surface area contributed by atoms with E-state index in [1.54, 1.807) is 11.8 Å². The lowest BCUT2D eigenvalue weighted by Gasteiger charge is -2.21. The third-order valence-corrected chi connectivity index (χ3v) is 3.72. The molecule has 0 saturated heterocycles. The SMILES string of the molecule is CCN(CC)c1ccc(NC2=NCCS2)cc1. The van der Waals surface area contributed by atoms with Gasteiger partial charge in [0.2, 0.25) is 0 Å². The molecule has 0 atom stereocenters. The van der Waals surface area contributed by atoms with E-state index in [9.17, 15) is 0 Å². The first-order chi connectivity index (χ1) is 8.33. The summed E-state index contributed by atoms with van der Waals surface area (Å²) in [4.78, 5) is 6.72. The molecule has 0 fully saturated rings. The normalized spacial score (nSPS) is 14.6. The van der Waals surface area contributed by atoms with Crippen LogP contribution in [0.4, 0.5) is 11.4 Å². The fourth-order valence-electron chi connectivity index (χ4n) is 1.88. The zero-order valence-corrected chi connectivity index (χ0v) is 11.3. The lowest BCUT2D eigenvalue weighted by Crippen LogP contribution is -2.21. The van der Waals surface area contributed by atoms with Gasteiger partial charge >= 0.3 is 0 Å². The molecule has 1 aromatic rings. The summed E-state index contributed by atoms with van der Waals surface area (Å²) in [6.45, 7) is 7.39. The van der Waals surface area contributed by atoms with E-state index in [1.807, 2.05) is 0 Å². The summed E-state index contributed by atoms with van der Waals surface area (Å²) in [6.07, 6.45) is 0. The van der Waals surface area contributed by atoms with Crippen LogP contribution in [0.1, 0.15) is 13.8 Å². The lowest BCUT2D eigenvalue weighted by molar-refractivity contribution is 0.866. The summed E-state index contributed by atoms with van der Waals surface area (Å²) in [7, 11) is 0. The molecular formula is C13H19N3S. The molecule has 0 saturated carbocycles. The number of benzene rings is 1. The minimum Gasteiger partial charge on any atom is -0.372 e. The molecule has 4 heteroatoms. The van der Waals surface area contributed by atoms with Crippen LogP contribution in [-0.4, -0.2) is 30.6 Å². The number of hydrogen-bond acceptors (Lipinski definition) is 4. The Morgan fingerprint density at radius 1 is 1.24 bits per heavy atom. The van der Waals surface area contributed by atoms with E-state index in [-0.39, 0.29) is 0 Å². The molecule has 0 unspecified atom stereocenters. The predicted molar refractivity (Wildman–Crippen MR) is 78.4 cm³/mol. The van der Waals surface area contributed by atoms with E-state index in [0.29, 0.717) is 0 Å². The van der Waals surface area contributed by atoms with Crippen molar-refractivity contribution in [1.82, 2.24) is 0 Å². The fourth-order valence-corrected chi connectivity index (χ4v) is 2.63. The maximum absolute atomic E-state index is 4.38. The van der Waals surface area contributed by atoms with Crippen LogP contribution in [0.5, 0.6) is 0 Å². The molecular weight excluding hydrogens is 230 g/mol. The van der Waals surface area contributed by atoms with Crippen LogP contribution in [0.3, 0.4) is 0 Å². The summed E-state index contributed by atoms with van der Waals surface area (Å²) < 4.78 is 0. The number of nitrogens with zero attached hydrogens (tertiary/aromatic N) is 2. The highest BCUT2D eigenvalue weighted by molar-refractivity contribution is 8.14. The number of amidine groups is 1. The topological polar surface area (TPSA) is 27.6 Å². The van der Waals surface area contributed by atoms with E-state index in [2.05, 4.69) is 53.3 Å². The minimum absolute atomic E-state index is 0.935. The molecule has 1 aliphatic rings. The van der Waals surface area contributed by atoms with Gasteiger partial charge in [0.1, 0.15) is 0 Å². The third-order valence-electron chi connectivity index (χ3n) is 2.83. The van der Waals surface area contributed by atoms with Crippen molar-refractivity contribution in [3.8, 4) is 0 Å². The monoisotopic (exact) mass is 249 g/mol. The van der Waals surface area contributed by atoms with Crippen molar-refractivity contribution < 1.29 is 0 Å². The molecule has 1 heterocycles. The summed E-state index contributed by atoms with van der Waals surface area (Å²) in [6, 6.07) is 8.56. The van der Waals surface area contributed by atoms with Crippen LogP contribution in [0.15, 0.2) is 29.3 Å². The Bertz CT molecular complexity index is 382. The molecule has 0 bridgehead atoms. The van der Waals surface area contributed by atoms with Gasteiger partial charge in [-0.1, -0.05) is 11.8 Å². The van der Waals surface area contributed by atoms with E-state index in [1.165, 1.54) is 5.69 Å². The van der Waals surface area contributed by atoms with Crippen LogP contribution in [0, 0.1) is 0 Å². The van der Waals surface area contributed by atoms with Gasteiger partial charge in [0, 0.05) is 30.2 Å². The first-order valence-corrected chi connectivity index (χ1v) is 7.11. The maximum Gasteiger partial charge on any atom is 0.161 e. The Hall–Kier alpha value is -1.16. The number of hydrogen-bond donors (Lipinski definition) is 1. The van der Waals surface area contributed by atoms with Crippen molar-refractivity contribution in [2.24, 2.45) is 4.99 Å². The second kappa shape index (κ2) is 5.96. The van der Waals surface area contributed by atoms with Crippen LogP contribution in [0.25, 0.3) is 0 Å². The van der Waals surface area contributed by atoms with Gasteiger partial charge in [-0.15, -0.1) is 0 Å². The standard InChI is InChI=1S/C13H19N3S/c1-3-16(4-2)12-7-5-11(6-8-12)15-13-14-9-10-17-13/h5-8H,3-4,9-10H2,1-2H3,(H,14,15). The predicted octanol–water partition coefficient (Wildman–Crippen LogP) is 3.05. The minimum atomic E-state index is 0.935. The van der Waals surface area contributed by atoms with Crippen molar-refractivity contribution in [2.75, 3.05) is 35.6 Å². The lowest BCUT2D eigenvalue weighted by atomic mass is 10.2. The van der Waals surface area contributed by atoms with Gasteiger partial charge < -0.3 is 10.2 Å². The zero-order chi connectivity index (χ0) is 12.1. The molecule has 92 valence electrons. The van der Waals surface area contributed by atoms with Gasteiger partial charge in [0.25, 0.3) is 0 Å². The number of nitrogens with one attached hydrogen (secondary N) is 1. The van der Waals surface area contributed by atoms with E-state index < -0.39 is 0 Å². The van der Waals surface area contributed by atoms with Crippen molar-refractivity contribution in [2.45, 2.75) is 13.8 Å². The smallest absolute Gasteiger partial charge is 0.161 e. The highest BCUT2D eigenvalue weighted by Gasteiger charge is 2.07. The van der Waals surface area contributed by atoms with E-state index in [4.69, 9.17) is 0 Å². The number of rotatable bonds is 4. The Morgan fingerprint density at radius 3 is 2.47 bits per heavy atom.